The van der Waals surface area contributed by atoms with Crippen LogP contribution in [0.1, 0.15) is 31.9 Å². The first-order valence-electron chi connectivity index (χ1n) is 7.30. The average molecular weight is 314 g/mol. The second kappa shape index (κ2) is 8.48. The molecular formula is C15H26N2O3S. The molecule has 0 saturated carbocycles. The number of nitrogens with two attached hydrogens (primary N) is 1. The van der Waals surface area contributed by atoms with Gasteiger partial charge in [-0.25, -0.2) is 13.1 Å². The molecule has 1 aromatic carbocycles. The molecule has 6 heteroatoms. The highest BCUT2D eigenvalue weighted by molar-refractivity contribution is 7.89. The maximum Gasteiger partial charge on any atom is 0.240 e. The van der Waals surface area contributed by atoms with E-state index in [2.05, 4.69) is 4.72 Å². The standard InChI is InChI=1S/C15H26N2O3S/c1-4-13-5-6-15(9-14(13)10-16)21(18,19)17-7-8-20-11-12(2)3/h5-6,9,12,17H,4,7-8,10-11,16H2,1-3H3. The number of rotatable bonds is 9. The minimum atomic E-state index is -3.50. The lowest BCUT2D eigenvalue weighted by Crippen LogP contribution is -2.28. The minimum absolute atomic E-state index is 0.254. The molecule has 0 fully saturated rings. The summed E-state index contributed by atoms with van der Waals surface area (Å²) in [6.45, 7) is 7.72. The Bertz CT molecular complexity index is 542. The van der Waals surface area contributed by atoms with Crippen molar-refractivity contribution in [2.75, 3.05) is 19.8 Å². The monoisotopic (exact) mass is 314 g/mol. The maximum atomic E-state index is 12.2. The summed E-state index contributed by atoms with van der Waals surface area (Å²) >= 11 is 0. The summed E-state index contributed by atoms with van der Waals surface area (Å²) in [7, 11) is -3.50. The van der Waals surface area contributed by atoms with E-state index in [0.717, 1.165) is 17.5 Å². The molecule has 3 N–H and O–H groups in total. The van der Waals surface area contributed by atoms with Crippen LogP contribution in [0.4, 0.5) is 0 Å². The summed E-state index contributed by atoms with van der Waals surface area (Å²) in [6.07, 6.45) is 0.837. The Kier molecular flexibility index (Phi) is 7.31. The zero-order valence-electron chi connectivity index (χ0n) is 13.1. The van der Waals surface area contributed by atoms with Gasteiger partial charge in [0.25, 0.3) is 0 Å². The van der Waals surface area contributed by atoms with Gasteiger partial charge in [-0.1, -0.05) is 26.8 Å². The molecule has 21 heavy (non-hydrogen) atoms. The summed E-state index contributed by atoms with van der Waals surface area (Å²) in [5.74, 6) is 0.440. The first kappa shape index (κ1) is 18.1. The van der Waals surface area contributed by atoms with Crippen molar-refractivity contribution in [3.8, 4) is 0 Å². The molecule has 0 atom stereocenters. The van der Waals surface area contributed by atoms with Crippen molar-refractivity contribution in [3.63, 3.8) is 0 Å². The molecule has 0 bridgehead atoms. The van der Waals surface area contributed by atoms with E-state index in [1.54, 1.807) is 12.1 Å². The third-order valence-electron chi connectivity index (χ3n) is 3.08. The Morgan fingerprint density at radius 1 is 1.29 bits per heavy atom. The van der Waals surface area contributed by atoms with Gasteiger partial charge in [0.05, 0.1) is 11.5 Å². The molecule has 0 spiro atoms. The molecule has 1 aromatic rings. The second-order valence-corrected chi connectivity index (χ2v) is 7.12. The van der Waals surface area contributed by atoms with Crippen LogP contribution in [0.2, 0.25) is 0 Å². The van der Waals surface area contributed by atoms with Gasteiger partial charge < -0.3 is 10.5 Å². The summed E-state index contributed by atoms with van der Waals surface area (Å²) < 4.78 is 32.3. The van der Waals surface area contributed by atoms with Crippen molar-refractivity contribution in [3.05, 3.63) is 29.3 Å². The molecule has 0 heterocycles. The van der Waals surface area contributed by atoms with Crippen LogP contribution < -0.4 is 10.5 Å². The summed E-state index contributed by atoms with van der Waals surface area (Å²) in [5, 5.41) is 0. The number of hydrogen-bond acceptors (Lipinski definition) is 4. The predicted molar refractivity (Wildman–Crippen MR) is 84.6 cm³/mol. The largest absolute Gasteiger partial charge is 0.380 e. The Labute approximate surface area is 127 Å². The van der Waals surface area contributed by atoms with Crippen molar-refractivity contribution in [2.45, 2.75) is 38.6 Å². The molecule has 5 nitrogen and oxygen atoms in total. The van der Waals surface area contributed by atoms with Gasteiger partial charge in [-0.2, -0.15) is 0 Å². The van der Waals surface area contributed by atoms with E-state index in [1.165, 1.54) is 0 Å². The zero-order chi connectivity index (χ0) is 15.9. The van der Waals surface area contributed by atoms with Crippen LogP contribution in [0.15, 0.2) is 23.1 Å². The molecule has 0 aliphatic heterocycles. The van der Waals surface area contributed by atoms with Gasteiger partial charge in [0, 0.05) is 19.7 Å². The molecule has 0 amide bonds. The van der Waals surface area contributed by atoms with Crippen molar-refractivity contribution in [1.82, 2.24) is 4.72 Å². The highest BCUT2D eigenvalue weighted by Gasteiger charge is 2.15. The van der Waals surface area contributed by atoms with Crippen molar-refractivity contribution >= 4 is 10.0 Å². The van der Waals surface area contributed by atoms with E-state index in [4.69, 9.17) is 10.5 Å². The quantitative estimate of drug-likeness (QED) is 0.679. The van der Waals surface area contributed by atoms with E-state index in [1.807, 2.05) is 26.8 Å². The molecule has 0 unspecified atom stereocenters. The molecule has 0 aliphatic rings. The Balaban J connectivity index is 2.66. The summed E-state index contributed by atoms with van der Waals surface area (Å²) in [5.41, 5.74) is 7.62. The van der Waals surface area contributed by atoms with E-state index >= 15 is 0 Å². The summed E-state index contributed by atoms with van der Waals surface area (Å²) in [4.78, 5) is 0.254. The maximum absolute atomic E-state index is 12.2. The van der Waals surface area contributed by atoms with E-state index in [0.29, 0.717) is 25.7 Å². The fourth-order valence-corrected chi connectivity index (χ4v) is 3.02. The van der Waals surface area contributed by atoms with Gasteiger partial charge in [0.1, 0.15) is 0 Å². The van der Waals surface area contributed by atoms with Crippen molar-refractivity contribution in [2.24, 2.45) is 11.7 Å². The van der Waals surface area contributed by atoms with Gasteiger partial charge in [-0.05, 0) is 35.6 Å². The Morgan fingerprint density at radius 2 is 2.00 bits per heavy atom. The second-order valence-electron chi connectivity index (χ2n) is 5.35. The first-order chi connectivity index (χ1) is 9.90. The topological polar surface area (TPSA) is 81.4 Å². The zero-order valence-corrected chi connectivity index (χ0v) is 13.9. The van der Waals surface area contributed by atoms with Crippen LogP contribution in [0, 0.1) is 5.92 Å². The molecular weight excluding hydrogens is 288 g/mol. The Morgan fingerprint density at radius 3 is 2.57 bits per heavy atom. The van der Waals surface area contributed by atoms with Crippen molar-refractivity contribution < 1.29 is 13.2 Å². The van der Waals surface area contributed by atoms with E-state index in [9.17, 15) is 8.42 Å². The first-order valence-corrected chi connectivity index (χ1v) is 8.78. The van der Waals surface area contributed by atoms with E-state index in [-0.39, 0.29) is 11.4 Å². The van der Waals surface area contributed by atoms with Gasteiger partial charge in [-0.15, -0.1) is 0 Å². The van der Waals surface area contributed by atoms with Crippen LogP contribution in [-0.4, -0.2) is 28.2 Å². The van der Waals surface area contributed by atoms with Crippen LogP contribution in [0.3, 0.4) is 0 Å². The van der Waals surface area contributed by atoms with Crippen LogP contribution >= 0.6 is 0 Å². The number of hydrogen-bond donors (Lipinski definition) is 2. The summed E-state index contributed by atoms with van der Waals surface area (Å²) in [6, 6.07) is 5.09. The van der Waals surface area contributed by atoms with Gasteiger partial charge in [0.15, 0.2) is 0 Å². The van der Waals surface area contributed by atoms with Crippen molar-refractivity contribution in [1.29, 1.82) is 0 Å². The normalized spacial score (nSPS) is 12.0. The molecule has 120 valence electrons. The number of nitrogens with one attached hydrogen (secondary N) is 1. The average Bonchev–Trinajstić information content (AvgIpc) is 2.45. The molecule has 0 aliphatic carbocycles. The molecule has 0 radical (unpaired) electrons. The number of aryl methyl sites for hydroxylation is 1. The SMILES string of the molecule is CCc1ccc(S(=O)(=O)NCCOCC(C)C)cc1CN. The number of ether oxygens (including phenoxy) is 1. The fraction of sp³-hybridized carbons (Fsp3) is 0.600. The lowest BCUT2D eigenvalue weighted by Gasteiger charge is -2.11. The smallest absolute Gasteiger partial charge is 0.240 e. The third-order valence-corrected chi connectivity index (χ3v) is 4.54. The lowest BCUT2D eigenvalue weighted by molar-refractivity contribution is 0.114. The number of benzene rings is 1. The highest BCUT2D eigenvalue weighted by atomic mass is 32.2. The van der Waals surface area contributed by atoms with Crippen LogP contribution in [0.5, 0.6) is 0 Å². The lowest BCUT2D eigenvalue weighted by atomic mass is 10.1. The molecule has 1 rings (SSSR count). The third kappa shape index (κ3) is 5.74. The van der Waals surface area contributed by atoms with Gasteiger partial charge in [0.2, 0.25) is 10.0 Å². The molecule has 0 saturated heterocycles. The van der Waals surface area contributed by atoms with Gasteiger partial charge >= 0.3 is 0 Å². The van der Waals surface area contributed by atoms with E-state index < -0.39 is 10.0 Å². The van der Waals surface area contributed by atoms with Crippen LogP contribution in [-0.2, 0) is 27.7 Å². The minimum Gasteiger partial charge on any atom is -0.380 e. The van der Waals surface area contributed by atoms with Gasteiger partial charge in [-0.3, -0.25) is 0 Å². The number of sulfonamides is 1. The fourth-order valence-electron chi connectivity index (χ4n) is 1.95. The van der Waals surface area contributed by atoms with Crippen LogP contribution in [0.25, 0.3) is 0 Å². The Hall–Kier alpha value is -0.950. The predicted octanol–water partition coefficient (Wildman–Crippen LogP) is 1.66. The highest BCUT2D eigenvalue weighted by Crippen LogP contribution is 2.16. The molecule has 0 aromatic heterocycles.